The van der Waals surface area contributed by atoms with Gasteiger partial charge in [0.2, 0.25) is 5.91 Å². The molecule has 0 bridgehead atoms. The zero-order chi connectivity index (χ0) is 16.2. The Balaban J connectivity index is 2.04. The van der Waals surface area contributed by atoms with E-state index in [4.69, 9.17) is 5.73 Å². The van der Waals surface area contributed by atoms with E-state index in [0.29, 0.717) is 18.7 Å². The van der Waals surface area contributed by atoms with Crippen LogP contribution in [0.3, 0.4) is 0 Å². The number of nitrogens with two attached hydrogens (primary N) is 1. The van der Waals surface area contributed by atoms with Gasteiger partial charge in [0.15, 0.2) is 0 Å². The first-order valence-corrected chi connectivity index (χ1v) is 7.86. The standard InChI is InChI=1S/C17H25N3O2/c1-17(2)14-8-4-3-7-13(14)15(21)20(16(17)22)12-6-11-19-10-5-9-18/h3-4,7-8,19H,5-6,9-12,18H2,1-2H3. The van der Waals surface area contributed by atoms with Gasteiger partial charge in [-0.05, 0) is 58.0 Å². The average Bonchev–Trinajstić information content (AvgIpc) is 2.52. The summed E-state index contributed by atoms with van der Waals surface area (Å²) in [5, 5.41) is 3.27. The van der Waals surface area contributed by atoms with Crippen LogP contribution in [0.5, 0.6) is 0 Å². The van der Waals surface area contributed by atoms with Crippen molar-refractivity contribution < 1.29 is 9.59 Å². The molecular weight excluding hydrogens is 278 g/mol. The topological polar surface area (TPSA) is 75.4 Å². The van der Waals surface area contributed by atoms with Crippen LogP contribution in [0, 0.1) is 0 Å². The van der Waals surface area contributed by atoms with Crippen LogP contribution in [0.4, 0.5) is 0 Å². The summed E-state index contributed by atoms with van der Waals surface area (Å²) in [4.78, 5) is 26.6. The zero-order valence-corrected chi connectivity index (χ0v) is 13.4. The molecule has 1 aromatic rings. The summed E-state index contributed by atoms with van der Waals surface area (Å²) in [6, 6.07) is 7.39. The van der Waals surface area contributed by atoms with Crippen molar-refractivity contribution in [1.29, 1.82) is 0 Å². The van der Waals surface area contributed by atoms with Crippen LogP contribution in [0.15, 0.2) is 24.3 Å². The van der Waals surface area contributed by atoms with Crippen molar-refractivity contribution in [2.45, 2.75) is 32.1 Å². The Labute approximate surface area is 131 Å². The number of hydrogen-bond donors (Lipinski definition) is 2. The highest BCUT2D eigenvalue weighted by molar-refractivity contribution is 6.12. The third kappa shape index (κ3) is 3.20. The molecule has 2 rings (SSSR count). The molecule has 0 spiro atoms. The summed E-state index contributed by atoms with van der Waals surface area (Å²) >= 11 is 0. The van der Waals surface area contributed by atoms with E-state index in [9.17, 15) is 9.59 Å². The van der Waals surface area contributed by atoms with E-state index in [-0.39, 0.29) is 11.8 Å². The maximum Gasteiger partial charge on any atom is 0.260 e. The Morgan fingerprint density at radius 1 is 1.14 bits per heavy atom. The molecule has 5 heteroatoms. The van der Waals surface area contributed by atoms with E-state index >= 15 is 0 Å². The molecule has 0 fully saturated rings. The van der Waals surface area contributed by atoms with Crippen molar-refractivity contribution in [3.8, 4) is 0 Å². The summed E-state index contributed by atoms with van der Waals surface area (Å²) in [7, 11) is 0. The van der Waals surface area contributed by atoms with Crippen molar-refractivity contribution in [1.82, 2.24) is 10.2 Å². The summed E-state index contributed by atoms with van der Waals surface area (Å²) in [6.45, 7) is 6.53. The second kappa shape index (κ2) is 7.03. The molecule has 0 aliphatic carbocycles. The summed E-state index contributed by atoms with van der Waals surface area (Å²) < 4.78 is 0. The highest BCUT2D eigenvalue weighted by Crippen LogP contribution is 2.34. The minimum Gasteiger partial charge on any atom is -0.330 e. The fraction of sp³-hybridized carbons (Fsp3) is 0.529. The zero-order valence-electron chi connectivity index (χ0n) is 13.4. The molecule has 1 aliphatic rings. The second-order valence-electron chi connectivity index (χ2n) is 6.18. The second-order valence-corrected chi connectivity index (χ2v) is 6.18. The third-order valence-electron chi connectivity index (χ3n) is 4.15. The lowest BCUT2D eigenvalue weighted by atomic mass is 9.77. The molecule has 120 valence electrons. The normalized spacial score (nSPS) is 16.8. The smallest absolute Gasteiger partial charge is 0.260 e. The third-order valence-corrected chi connectivity index (χ3v) is 4.15. The van der Waals surface area contributed by atoms with Gasteiger partial charge in [0.1, 0.15) is 0 Å². The average molecular weight is 303 g/mol. The first-order valence-electron chi connectivity index (χ1n) is 7.86. The highest BCUT2D eigenvalue weighted by atomic mass is 16.2. The van der Waals surface area contributed by atoms with E-state index in [0.717, 1.165) is 31.5 Å². The lowest BCUT2D eigenvalue weighted by Gasteiger charge is -2.37. The van der Waals surface area contributed by atoms with Gasteiger partial charge in [-0.3, -0.25) is 14.5 Å². The SMILES string of the molecule is CC1(C)C(=O)N(CCCNCCCN)C(=O)c2ccccc21. The Hall–Kier alpha value is -1.72. The molecular formula is C17H25N3O2. The van der Waals surface area contributed by atoms with Gasteiger partial charge in [-0.2, -0.15) is 0 Å². The molecule has 0 saturated heterocycles. The van der Waals surface area contributed by atoms with Gasteiger partial charge in [0, 0.05) is 12.1 Å². The molecule has 1 aromatic carbocycles. The Morgan fingerprint density at radius 2 is 1.82 bits per heavy atom. The highest BCUT2D eigenvalue weighted by Gasteiger charge is 2.43. The Morgan fingerprint density at radius 3 is 2.55 bits per heavy atom. The van der Waals surface area contributed by atoms with Crippen LogP contribution >= 0.6 is 0 Å². The Kier molecular flexibility index (Phi) is 5.32. The maximum absolute atomic E-state index is 12.7. The fourth-order valence-corrected chi connectivity index (χ4v) is 2.82. The summed E-state index contributed by atoms with van der Waals surface area (Å²) in [5.74, 6) is -0.292. The van der Waals surface area contributed by atoms with Crippen LogP contribution in [-0.4, -0.2) is 42.9 Å². The first-order chi connectivity index (χ1) is 10.5. The van der Waals surface area contributed by atoms with E-state index in [1.165, 1.54) is 4.90 Å². The van der Waals surface area contributed by atoms with Crippen LogP contribution in [0.1, 0.15) is 42.6 Å². The largest absolute Gasteiger partial charge is 0.330 e. The van der Waals surface area contributed by atoms with E-state index in [2.05, 4.69) is 5.32 Å². The predicted molar refractivity (Wildman–Crippen MR) is 86.7 cm³/mol. The number of carbonyl (C=O) groups is 2. The van der Waals surface area contributed by atoms with E-state index in [1.807, 2.05) is 32.0 Å². The minimum atomic E-state index is -0.655. The van der Waals surface area contributed by atoms with E-state index < -0.39 is 5.41 Å². The molecule has 0 atom stereocenters. The van der Waals surface area contributed by atoms with Crippen molar-refractivity contribution in [2.24, 2.45) is 5.73 Å². The molecule has 0 radical (unpaired) electrons. The van der Waals surface area contributed by atoms with Crippen molar-refractivity contribution in [3.63, 3.8) is 0 Å². The number of benzene rings is 1. The fourth-order valence-electron chi connectivity index (χ4n) is 2.82. The van der Waals surface area contributed by atoms with Gasteiger partial charge in [-0.15, -0.1) is 0 Å². The monoisotopic (exact) mass is 303 g/mol. The number of imide groups is 1. The predicted octanol–water partition coefficient (Wildman–Crippen LogP) is 1.28. The molecule has 1 aliphatic heterocycles. The van der Waals surface area contributed by atoms with Gasteiger partial charge in [-0.1, -0.05) is 18.2 Å². The van der Waals surface area contributed by atoms with Gasteiger partial charge in [0.25, 0.3) is 5.91 Å². The van der Waals surface area contributed by atoms with Crippen LogP contribution in [-0.2, 0) is 10.2 Å². The molecule has 2 amide bonds. The van der Waals surface area contributed by atoms with Crippen molar-refractivity contribution >= 4 is 11.8 Å². The molecule has 22 heavy (non-hydrogen) atoms. The summed E-state index contributed by atoms with van der Waals surface area (Å²) in [5.41, 5.74) is 6.24. The first kappa shape index (κ1) is 16.6. The number of rotatable bonds is 7. The van der Waals surface area contributed by atoms with Gasteiger partial charge in [-0.25, -0.2) is 0 Å². The number of hydrogen-bond acceptors (Lipinski definition) is 4. The number of nitrogens with zero attached hydrogens (tertiary/aromatic N) is 1. The Bertz CT molecular complexity index is 555. The van der Waals surface area contributed by atoms with Crippen LogP contribution in [0.25, 0.3) is 0 Å². The van der Waals surface area contributed by atoms with Crippen LogP contribution in [0.2, 0.25) is 0 Å². The van der Waals surface area contributed by atoms with Crippen molar-refractivity contribution in [3.05, 3.63) is 35.4 Å². The molecule has 0 unspecified atom stereocenters. The van der Waals surface area contributed by atoms with Gasteiger partial charge in [0.05, 0.1) is 5.41 Å². The van der Waals surface area contributed by atoms with Crippen LogP contribution < -0.4 is 11.1 Å². The van der Waals surface area contributed by atoms with E-state index in [1.54, 1.807) is 6.07 Å². The summed E-state index contributed by atoms with van der Waals surface area (Å²) in [6.07, 6.45) is 1.68. The maximum atomic E-state index is 12.7. The van der Waals surface area contributed by atoms with Gasteiger partial charge < -0.3 is 11.1 Å². The quantitative estimate of drug-likeness (QED) is 0.587. The van der Waals surface area contributed by atoms with Crippen molar-refractivity contribution in [2.75, 3.05) is 26.2 Å². The number of nitrogens with one attached hydrogen (secondary N) is 1. The molecule has 3 N–H and O–H groups in total. The molecule has 0 saturated carbocycles. The number of fused-ring (bicyclic) bond motifs is 1. The lowest BCUT2D eigenvalue weighted by Crippen LogP contribution is -2.52. The minimum absolute atomic E-state index is 0.113. The van der Waals surface area contributed by atoms with Gasteiger partial charge >= 0.3 is 0 Å². The number of carbonyl (C=O) groups excluding carboxylic acids is 2. The number of amides is 2. The lowest BCUT2D eigenvalue weighted by molar-refractivity contribution is -0.134. The molecule has 5 nitrogen and oxygen atoms in total. The molecule has 1 heterocycles. The molecule has 0 aromatic heterocycles.